The minimum Gasteiger partial charge on any atom is -0.459 e. The maximum absolute atomic E-state index is 12.5. The average molecular weight is 319 g/mol. The highest BCUT2D eigenvalue weighted by molar-refractivity contribution is 7.17. The normalized spacial score (nSPS) is 21.8. The first-order valence-corrected chi connectivity index (χ1v) is 8.44. The highest BCUT2D eigenvalue weighted by atomic mass is 32.1. The zero-order chi connectivity index (χ0) is 15.7. The number of furan rings is 1. The van der Waals surface area contributed by atoms with Crippen LogP contribution < -0.4 is 10.6 Å². The Bertz CT molecular complexity index is 677. The van der Waals surface area contributed by atoms with Crippen LogP contribution in [0.1, 0.15) is 40.9 Å². The lowest BCUT2D eigenvalue weighted by Crippen LogP contribution is -2.51. The predicted molar refractivity (Wildman–Crippen MR) is 87.2 cm³/mol. The summed E-state index contributed by atoms with van der Waals surface area (Å²) in [5.74, 6) is 1.53. The molecule has 0 spiro atoms. The standard InChI is InChI=1S/C16H21N3O2S/c1-9-6-7-13(21-9)16-18-11(3)14(22-16)15(20)19-12-5-4-8-17-10(12)2/h6-7,10,12,17H,4-5,8H2,1-3H3,(H,19,20). The summed E-state index contributed by atoms with van der Waals surface area (Å²) in [6, 6.07) is 4.28. The summed E-state index contributed by atoms with van der Waals surface area (Å²) in [7, 11) is 0. The molecule has 2 aromatic rings. The minimum atomic E-state index is -0.0370. The van der Waals surface area contributed by atoms with E-state index in [1.165, 1.54) is 11.3 Å². The van der Waals surface area contributed by atoms with Gasteiger partial charge in [0.05, 0.1) is 5.69 Å². The van der Waals surface area contributed by atoms with Gasteiger partial charge in [0.1, 0.15) is 10.6 Å². The van der Waals surface area contributed by atoms with Gasteiger partial charge in [0.25, 0.3) is 5.91 Å². The molecule has 0 bridgehead atoms. The highest BCUT2D eigenvalue weighted by Crippen LogP contribution is 2.29. The Kier molecular flexibility index (Phi) is 4.31. The van der Waals surface area contributed by atoms with E-state index in [-0.39, 0.29) is 11.9 Å². The predicted octanol–water partition coefficient (Wildman–Crippen LogP) is 2.89. The maximum atomic E-state index is 12.5. The molecule has 2 aromatic heterocycles. The Morgan fingerprint density at radius 3 is 2.95 bits per heavy atom. The number of rotatable bonds is 3. The fourth-order valence-electron chi connectivity index (χ4n) is 2.74. The van der Waals surface area contributed by atoms with Gasteiger partial charge in [-0.1, -0.05) is 0 Å². The summed E-state index contributed by atoms with van der Waals surface area (Å²) < 4.78 is 5.59. The molecule has 5 nitrogen and oxygen atoms in total. The van der Waals surface area contributed by atoms with Crippen LogP contribution in [-0.4, -0.2) is 29.5 Å². The molecule has 0 aromatic carbocycles. The van der Waals surface area contributed by atoms with Gasteiger partial charge in [-0.15, -0.1) is 11.3 Å². The monoisotopic (exact) mass is 319 g/mol. The molecule has 2 atom stereocenters. The molecule has 1 saturated heterocycles. The van der Waals surface area contributed by atoms with Crippen LogP contribution in [-0.2, 0) is 0 Å². The summed E-state index contributed by atoms with van der Waals surface area (Å²) in [5, 5.41) is 7.28. The Labute approximate surface area is 134 Å². The van der Waals surface area contributed by atoms with Crippen LogP contribution >= 0.6 is 11.3 Å². The van der Waals surface area contributed by atoms with Crippen LogP contribution in [0.2, 0.25) is 0 Å². The minimum absolute atomic E-state index is 0.0370. The third-order valence-electron chi connectivity index (χ3n) is 4.03. The molecule has 1 aliphatic rings. The number of aryl methyl sites for hydroxylation is 2. The number of thiazole rings is 1. The molecule has 2 unspecified atom stereocenters. The number of nitrogens with zero attached hydrogens (tertiary/aromatic N) is 1. The van der Waals surface area contributed by atoms with Gasteiger partial charge in [-0.25, -0.2) is 4.98 Å². The molecule has 2 N–H and O–H groups in total. The molecule has 22 heavy (non-hydrogen) atoms. The van der Waals surface area contributed by atoms with Crippen molar-refractivity contribution in [1.29, 1.82) is 0 Å². The average Bonchev–Trinajstić information content (AvgIpc) is 3.07. The van der Waals surface area contributed by atoms with Crippen molar-refractivity contribution < 1.29 is 9.21 Å². The van der Waals surface area contributed by atoms with Crippen LogP contribution in [0.25, 0.3) is 10.8 Å². The van der Waals surface area contributed by atoms with Gasteiger partial charge < -0.3 is 15.1 Å². The van der Waals surface area contributed by atoms with Gasteiger partial charge in [-0.3, -0.25) is 4.79 Å². The quantitative estimate of drug-likeness (QED) is 0.913. The maximum Gasteiger partial charge on any atom is 0.263 e. The van der Waals surface area contributed by atoms with E-state index in [1.807, 2.05) is 26.0 Å². The van der Waals surface area contributed by atoms with Crippen molar-refractivity contribution in [3.8, 4) is 10.8 Å². The first kappa shape index (κ1) is 15.2. The number of amides is 1. The Morgan fingerprint density at radius 2 is 2.27 bits per heavy atom. The van der Waals surface area contributed by atoms with Gasteiger partial charge >= 0.3 is 0 Å². The molecule has 1 fully saturated rings. The summed E-state index contributed by atoms with van der Waals surface area (Å²) in [6.45, 7) is 6.90. The van der Waals surface area contributed by atoms with E-state index < -0.39 is 0 Å². The molecule has 3 rings (SSSR count). The zero-order valence-electron chi connectivity index (χ0n) is 13.1. The number of aromatic nitrogens is 1. The van der Waals surface area contributed by atoms with E-state index in [4.69, 9.17) is 4.42 Å². The smallest absolute Gasteiger partial charge is 0.263 e. The van der Waals surface area contributed by atoms with Crippen LogP contribution in [0, 0.1) is 13.8 Å². The van der Waals surface area contributed by atoms with Crippen molar-refractivity contribution in [3.63, 3.8) is 0 Å². The molecule has 118 valence electrons. The number of hydrogen-bond donors (Lipinski definition) is 2. The van der Waals surface area contributed by atoms with E-state index >= 15 is 0 Å². The van der Waals surface area contributed by atoms with Crippen LogP contribution in [0.15, 0.2) is 16.5 Å². The molecule has 6 heteroatoms. The van der Waals surface area contributed by atoms with Gasteiger partial charge in [-0.2, -0.15) is 0 Å². The van der Waals surface area contributed by atoms with Crippen LogP contribution in [0.5, 0.6) is 0 Å². The van der Waals surface area contributed by atoms with Crippen molar-refractivity contribution in [2.45, 2.75) is 45.7 Å². The van der Waals surface area contributed by atoms with Gasteiger partial charge in [0.15, 0.2) is 10.8 Å². The van der Waals surface area contributed by atoms with Crippen molar-refractivity contribution >= 4 is 17.2 Å². The topological polar surface area (TPSA) is 67.2 Å². The second kappa shape index (κ2) is 6.22. The van der Waals surface area contributed by atoms with Gasteiger partial charge in [0.2, 0.25) is 0 Å². The molecular weight excluding hydrogens is 298 g/mol. The molecule has 3 heterocycles. The Hall–Kier alpha value is -1.66. The van der Waals surface area contributed by atoms with Crippen molar-refractivity contribution in [1.82, 2.24) is 15.6 Å². The molecule has 1 amide bonds. The third kappa shape index (κ3) is 3.08. The molecular formula is C16H21N3O2S. The van der Waals surface area contributed by atoms with E-state index in [9.17, 15) is 4.79 Å². The summed E-state index contributed by atoms with van der Waals surface area (Å²) in [6.07, 6.45) is 2.11. The van der Waals surface area contributed by atoms with Crippen molar-refractivity contribution in [2.75, 3.05) is 6.54 Å². The lowest BCUT2D eigenvalue weighted by Gasteiger charge is -2.30. The van der Waals surface area contributed by atoms with Crippen molar-refractivity contribution in [2.24, 2.45) is 0 Å². The van der Waals surface area contributed by atoms with E-state index in [1.54, 1.807) is 0 Å². The van der Waals surface area contributed by atoms with Gasteiger partial charge in [0, 0.05) is 12.1 Å². The first-order valence-electron chi connectivity index (χ1n) is 7.63. The molecule has 0 aliphatic carbocycles. The number of nitrogens with one attached hydrogen (secondary N) is 2. The third-order valence-corrected chi connectivity index (χ3v) is 5.20. The first-order chi connectivity index (χ1) is 10.5. The Balaban J connectivity index is 1.76. The highest BCUT2D eigenvalue weighted by Gasteiger charge is 2.25. The van der Waals surface area contributed by atoms with Crippen LogP contribution in [0.4, 0.5) is 0 Å². The number of carbonyl (C=O) groups is 1. The fraction of sp³-hybridized carbons (Fsp3) is 0.500. The summed E-state index contributed by atoms with van der Waals surface area (Å²) in [5.41, 5.74) is 0.753. The fourth-order valence-corrected chi connectivity index (χ4v) is 3.67. The van der Waals surface area contributed by atoms with E-state index in [0.29, 0.717) is 10.9 Å². The second-order valence-corrected chi connectivity index (χ2v) is 6.81. The van der Waals surface area contributed by atoms with E-state index in [2.05, 4.69) is 22.5 Å². The molecule has 0 saturated carbocycles. The molecule has 0 radical (unpaired) electrons. The molecule has 1 aliphatic heterocycles. The van der Waals surface area contributed by atoms with Crippen LogP contribution in [0.3, 0.4) is 0 Å². The Morgan fingerprint density at radius 1 is 1.45 bits per heavy atom. The lowest BCUT2D eigenvalue weighted by atomic mass is 10.00. The van der Waals surface area contributed by atoms with Gasteiger partial charge in [-0.05, 0) is 52.3 Å². The summed E-state index contributed by atoms with van der Waals surface area (Å²) >= 11 is 1.39. The lowest BCUT2D eigenvalue weighted by molar-refractivity contribution is 0.0923. The second-order valence-electron chi connectivity index (χ2n) is 5.81. The zero-order valence-corrected chi connectivity index (χ0v) is 13.9. The van der Waals surface area contributed by atoms with Crippen molar-refractivity contribution in [3.05, 3.63) is 28.5 Å². The number of carbonyl (C=O) groups excluding carboxylic acids is 1. The summed E-state index contributed by atoms with van der Waals surface area (Å²) in [4.78, 5) is 17.7. The number of piperidine rings is 1. The largest absolute Gasteiger partial charge is 0.459 e. The van der Waals surface area contributed by atoms with E-state index in [0.717, 1.165) is 41.6 Å². The SMILES string of the molecule is Cc1ccc(-c2nc(C)c(C(=O)NC3CCCNC3C)s2)o1. The number of hydrogen-bond acceptors (Lipinski definition) is 5.